The zero-order valence-electron chi connectivity index (χ0n) is 11.5. The van der Waals surface area contributed by atoms with E-state index in [1.54, 1.807) is 16.2 Å². The summed E-state index contributed by atoms with van der Waals surface area (Å²) in [7, 11) is 0. The largest absolute Gasteiger partial charge is 0.351 e. The zero-order valence-corrected chi connectivity index (χ0v) is 12.3. The van der Waals surface area contributed by atoms with Crippen molar-refractivity contribution in [3.05, 3.63) is 52.7 Å². The lowest BCUT2D eigenvalue weighted by atomic mass is 10.2. The zero-order chi connectivity index (χ0) is 14.7. The molecule has 0 spiro atoms. The fourth-order valence-electron chi connectivity index (χ4n) is 2.51. The van der Waals surface area contributed by atoms with E-state index in [9.17, 15) is 9.59 Å². The van der Waals surface area contributed by atoms with Crippen molar-refractivity contribution >= 4 is 28.8 Å². The number of carbonyl (C=O) groups is 2. The van der Waals surface area contributed by atoms with E-state index >= 15 is 0 Å². The second kappa shape index (κ2) is 6.10. The molecule has 4 nitrogen and oxygen atoms in total. The molecule has 2 aromatic rings. The van der Waals surface area contributed by atoms with Crippen LogP contribution in [0.4, 0.5) is 5.69 Å². The molecule has 1 saturated heterocycles. The van der Waals surface area contributed by atoms with Crippen LogP contribution in [0, 0.1) is 0 Å². The van der Waals surface area contributed by atoms with Crippen molar-refractivity contribution in [1.29, 1.82) is 0 Å². The summed E-state index contributed by atoms with van der Waals surface area (Å²) in [6, 6.07) is 13.3. The van der Waals surface area contributed by atoms with Crippen LogP contribution in [0.1, 0.15) is 11.3 Å². The molecule has 108 valence electrons. The second-order valence-electron chi connectivity index (χ2n) is 5.06. The van der Waals surface area contributed by atoms with Crippen molar-refractivity contribution in [2.75, 3.05) is 11.4 Å². The van der Waals surface area contributed by atoms with Gasteiger partial charge in [0, 0.05) is 23.5 Å². The number of thiophene rings is 1. The predicted octanol–water partition coefficient (Wildman–Crippen LogP) is 2.21. The van der Waals surface area contributed by atoms with Crippen LogP contribution in [0.2, 0.25) is 0 Å². The fourth-order valence-corrected chi connectivity index (χ4v) is 3.22. The van der Waals surface area contributed by atoms with Crippen molar-refractivity contribution in [1.82, 2.24) is 5.32 Å². The van der Waals surface area contributed by atoms with Crippen LogP contribution < -0.4 is 10.2 Å². The molecule has 1 aliphatic heterocycles. The van der Waals surface area contributed by atoms with E-state index in [0.29, 0.717) is 19.4 Å². The van der Waals surface area contributed by atoms with E-state index in [2.05, 4.69) is 5.32 Å². The van der Waals surface area contributed by atoms with Gasteiger partial charge in [-0.25, -0.2) is 0 Å². The highest BCUT2D eigenvalue weighted by Crippen LogP contribution is 2.21. The van der Waals surface area contributed by atoms with Crippen LogP contribution in [0.3, 0.4) is 0 Å². The minimum atomic E-state index is -0.106. The van der Waals surface area contributed by atoms with Crippen molar-refractivity contribution in [2.24, 2.45) is 0 Å². The minimum Gasteiger partial charge on any atom is -0.351 e. The lowest BCUT2D eigenvalue weighted by molar-refractivity contribution is -0.121. The molecule has 0 saturated carbocycles. The number of para-hydroxylation sites is 1. The Balaban J connectivity index is 1.59. The standard InChI is InChI=1S/C16H16N2O2S/c19-15(10-14-7-4-8-21-14)17-12-9-16(20)18(11-12)13-5-2-1-3-6-13/h1-8,12H,9-11H2,(H,17,19)/t12-/m0/s1. The van der Waals surface area contributed by atoms with Crippen LogP contribution in [-0.2, 0) is 16.0 Å². The van der Waals surface area contributed by atoms with Gasteiger partial charge in [0.05, 0.1) is 12.5 Å². The Morgan fingerprint density at radius 1 is 1.24 bits per heavy atom. The lowest BCUT2D eigenvalue weighted by Gasteiger charge is -2.17. The molecule has 3 rings (SSSR count). The van der Waals surface area contributed by atoms with Crippen molar-refractivity contribution < 1.29 is 9.59 Å². The van der Waals surface area contributed by atoms with Crippen LogP contribution in [0.25, 0.3) is 0 Å². The van der Waals surface area contributed by atoms with Gasteiger partial charge in [-0.1, -0.05) is 24.3 Å². The normalized spacial score (nSPS) is 18.0. The third kappa shape index (κ3) is 3.31. The van der Waals surface area contributed by atoms with Gasteiger partial charge in [-0.05, 0) is 23.6 Å². The van der Waals surface area contributed by atoms with E-state index in [0.717, 1.165) is 10.6 Å². The molecule has 1 aromatic heterocycles. The SMILES string of the molecule is O=C(Cc1cccs1)N[C@H]1CC(=O)N(c2ccccc2)C1. The third-order valence-corrected chi connectivity index (χ3v) is 4.35. The van der Waals surface area contributed by atoms with Crippen molar-refractivity contribution in [3.8, 4) is 0 Å². The summed E-state index contributed by atoms with van der Waals surface area (Å²) in [6.07, 6.45) is 0.749. The number of nitrogens with zero attached hydrogens (tertiary/aromatic N) is 1. The maximum absolute atomic E-state index is 12.1. The molecule has 0 unspecified atom stereocenters. The summed E-state index contributed by atoms with van der Waals surface area (Å²) in [4.78, 5) is 26.8. The van der Waals surface area contributed by atoms with Crippen LogP contribution >= 0.6 is 11.3 Å². The average Bonchev–Trinajstić information content (AvgIpc) is 3.09. The van der Waals surface area contributed by atoms with Gasteiger partial charge < -0.3 is 10.2 Å². The lowest BCUT2D eigenvalue weighted by Crippen LogP contribution is -2.37. The number of carbonyl (C=O) groups excluding carboxylic acids is 2. The molecular formula is C16H16N2O2S. The first kappa shape index (κ1) is 13.8. The molecule has 1 aliphatic rings. The van der Waals surface area contributed by atoms with E-state index in [-0.39, 0.29) is 17.9 Å². The highest BCUT2D eigenvalue weighted by molar-refractivity contribution is 7.10. The molecule has 1 aromatic carbocycles. The van der Waals surface area contributed by atoms with Crippen LogP contribution in [0.15, 0.2) is 47.8 Å². The van der Waals surface area contributed by atoms with Crippen molar-refractivity contribution in [3.63, 3.8) is 0 Å². The van der Waals surface area contributed by atoms with Gasteiger partial charge in [-0.15, -0.1) is 11.3 Å². The number of anilines is 1. The molecule has 0 radical (unpaired) electrons. The summed E-state index contributed by atoms with van der Waals surface area (Å²) in [5.41, 5.74) is 0.887. The molecule has 0 aliphatic carbocycles. The van der Waals surface area contributed by atoms with Gasteiger partial charge in [0.15, 0.2) is 0 Å². The molecule has 5 heteroatoms. The van der Waals surface area contributed by atoms with E-state index in [1.165, 1.54) is 0 Å². The average molecular weight is 300 g/mol. The summed E-state index contributed by atoms with van der Waals surface area (Å²) < 4.78 is 0. The Labute approximate surface area is 127 Å². The highest BCUT2D eigenvalue weighted by Gasteiger charge is 2.31. The predicted molar refractivity (Wildman–Crippen MR) is 83.4 cm³/mol. The Kier molecular flexibility index (Phi) is 4.01. The maximum Gasteiger partial charge on any atom is 0.229 e. The Bertz CT molecular complexity index is 625. The number of rotatable bonds is 4. The second-order valence-corrected chi connectivity index (χ2v) is 6.10. The number of hydrogen-bond acceptors (Lipinski definition) is 3. The maximum atomic E-state index is 12.1. The highest BCUT2D eigenvalue weighted by atomic mass is 32.1. The van der Waals surface area contributed by atoms with Crippen molar-refractivity contribution in [2.45, 2.75) is 18.9 Å². The molecule has 0 bridgehead atoms. The van der Waals surface area contributed by atoms with E-state index in [4.69, 9.17) is 0 Å². The topological polar surface area (TPSA) is 49.4 Å². The summed E-state index contributed by atoms with van der Waals surface area (Å²) in [6.45, 7) is 0.541. The smallest absolute Gasteiger partial charge is 0.229 e. The quantitative estimate of drug-likeness (QED) is 0.941. The molecule has 2 heterocycles. The van der Waals surface area contributed by atoms with Gasteiger partial charge in [-0.2, -0.15) is 0 Å². The van der Waals surface area contributed by atoms with Gasteiger partial charge in [0.2, 0.25) is 11.8 Å². The molecule has 1 N–H and O–H groups in total. The number of nitrogens with one attached hydrogen (secondary N) is 1. The van der Waals surface area contributed by atoms with Gasteiger partial charge in [0.25, 0.3) is 0 Å². The van der Waals surface area contributed by atoms with Gasteiger partial charge in [0.1, 0.15) is 0 Å². The summed E-state index contributed by atoms with van der Waals surface area (Å²) in [5.74, 6) is 0.0350. The van der Waals surface area contributed by atoms with E-state index in [1.807, 2.05) is 47.8 Å². The molecule has 1 fully saturated rings. The Morgan fingerprint density at radius 3 is 2.76 bits per heavy atom. The number of benzene rings is 1. The monoisotopic (exact) mass is 300 g/mol. The minimum absolute atomic E-state index is 0.0230. The first-order valence-corrected chi connectivity index (χ1v) is 7.77. The summed E-state index contributed by atoms with van der Waals surface area (Å²) >= 11 is 1.57. The molecular weight excluding hydrogens is 284 g/mol. The molecule has 2 amide bonds. The molecule has 1 atom stereocenters. The van der Waals surface area contributed by atoms with Crippen LogP contribution in [-0.4, -0.2) is 24.4 Å². The molecule has 21 heavy (non-hydrogen) atoms. The van der Waals surface area contributed by atoms with E-state index < -0.39 is 0 Å². The third-order valence-electron chi connectivity index (χ3n) is 3.47. The first-order chi connectivity index (χ1) is 10.2. The van der Waals surface area contributed by atoms with Gasteiger partial charge in [-0.3, -0.25) is 9.59 Å². The number of amides is 2. The number of hydrogen-bond donors (Lipinski definition) is 1. The first-order valence-electron chi connectivity index (χ1n) is 6.89. The fraction of sp³-hybridized carbons (Fsp3) is 0.250. The Morgan fingerprint density at radius 2 is 2.05 bits per heavy atom. The summed E-state index contributed by atoms with van der Waals surface area (Å²) in [5, 5.41) is 4.91. The van der Waals surface area contributed by atoms with Crippen LogP contribution in [0.5, 0.6) is 0 Å². The Hall–Kier alpha value is -2.14. The van der Waals surface area contributed by atoms with Gasteiger partial charge >= 0.3 is 0 Å².